The van der Waals surface area contributed by atoms with Gasteiger partial charge in [0, 0.05) is 29.1 Å². The molecule has 1 aliphatic rings. The van der Waals surface area contributed by atoms with Gasteiger partial charge in [-0.25, -0.2) is 4.98 Å². The van der Waals surface area contributed by atoms with E-state index in [9.17, 15) is 9.59 Å². The number of aromatic nitrogens is 2. The molecule has 0 unspecified atom stereocenters. The molecule has 3 rings (SSSR count). The SMILES string of the molecule is CC(C)(N)CNC(=O)CCSCc1nc2sc3c(c2c(=O)[nH]1)CCC3. The molecule has 2 heterocycles. The van der Waals surface area contributed by atoms with Crippen molar-refractivity contribution in [1.29, 1.82) is 0 Å². The highest BCUT2D eigenvalue weighted by Gasteiger charge is 2.21. The van der Waals surface area contributed by atoms with Gasteiger partial charge in [-0.2, -0.15) is 11.8 Å². The van der Waals surface area contributed by atoms with Crippen molar-refractivity contribution in [2.24, 2.45) is 5.73 Å². The van der Waals surface area contributed by atoms with E-state index in [0.29, 0.717) is 30.3 Å². The summed E-state index contributed by atoms with van der Waals surface area (Å²) in [5, 5.41) is 3.61. The fourth-order valence-corrected chi connectivity index (χ4v) is 4.95. The van der Waals surface area contributed by atoms with Crippen LogP contribution < -0.4 is 16.6 Å². The molecule has 6 nitrogen and oxygen atoms in total. The van der Waals surface area contributed by atoms with E-state index in [0.717, 1.165) is 29.5 Å². The zero-order valence-electron chi connectivity index (χ0n) is 14.6. The number of thioether (sulfide) groups is 1. The number of amides is 1. The standard InChI is InChI=1S/C17H24N4O2S2/c1-17(2,18)9-19-13(22)6-7-24-8-12-20-15(23)14-10-4-3-5-11(10)25-16(14)21-12/h3-9,18H2,1-2H3,(H,19,22)(H,20,21,23). The van der Waals surface area contributed by atoms with Crippen molar-refractivity contribution in [2.75, 3.05) is 12.3 Å². The van der Waals surface area contributed by atoms with Gasteiger partial charge in [-0.05, 0) is 38.7 Å². The van der Waals surface area contributed by atoms with Crippen LogP contribution in [0.1, 0.15) is 43.0 Å². The molecule has 25 heavy (non-hydrogen) atoms. The average Bonchev–Trinajstić information content (AvgIpc) is 3.09. The zero-order valence-corrected chi connectivity index (χ0v) is 16.2. The Hall–Kier alpha value is -1.38. The summed E-state index contributed by atoms with van der Waals surface area (Å²) in [6, 6.07) is 0. The van der Waals surface area contributed by atoms with E-state index >= 15 is 0 Å². The van der Waals surface area contributed by atoms with Crippen LogP contribution in [0.15, 0.2) is 4.79 Å². The van der Waals surface area contributed by atoms with Crippen molar-refractivity contribution in [2.45, 2.75) is 50.8 Å². The van der Waals surface area contributed by atoms with Gasteiger partial charge in [-0.1, -0.05) is 0 Å². The van der Waals surface area contributed by atoms with Gasteiger partial charge in [0.05, 0.1) is 11.1 Å². The Morgan fingerprint density at radius 2 is 2.24 bits per heavy atom. The first-order valence-corrected chi connectivity index (χ1v) is 10.5. The molecule has 0 spiro atoms. The third kappa shape index (κ3) is 4.62. The molecule has 1 amide bonds. The molecule has 0 saturated carbocycles. The summed E-state index contributed by atoms with van der Waals surface area (Å²) in [7, 11) is 0. The maximum Gasteiger partial charge on any atom is 0.259 e. The Bertz CT molecular complexity index is 836. The molecule has 0 bridgehead atoms. The predicted molar refractivity (Wildman–Crippen MR) is 104 cm³/mol. The smallest absolute Gasteiger partial charge is 0.259 e. The number of nitrogens with two attached hydrogens (primary N) is 1. The fourth-order valence-electron chi connectivity index (χ4n) is 2.86. The molecule has 0 radical (unpaired) electrons. The molecular formula is C17H24N4O2S2. The van der Waals surface area contributed by atoms with Crippen LogP contribution in [-0.4, -0.2) is 33.7 Å². The number of rotatable bonds is 7. The Balaban J connectivity index is 1.52. The van der Waals surface area contributed by atoms with Crippen molar-refractivity contribution >= 4 is 39.2 Å². The zero-order chi connectivity index (χ0) is 18.0. The first-order valence-electron chi connectivity index (χ1n) is 8.50. The van der Waals surface area contributed by atoms with Gasteiger partial charge >= 0.3 is 0 Å². The highest BCUT2D eigenvalue weighted by molar-refractivity contribution is 7.98. The van der Waals surface area contributed by atoms with Crippen LogP contribution in [-0.2, 0) is 23.4 Å². The maximum absolute atomic E-state index is 12.4. The van der Waals surface area contributed by atoms with Crippen molar-refractivity contribution in [3.8, 4) is 0 Å². The number of thiophene rings is 1. The highest BCUT2D eigenvalue weighted by atomic mass is 32.2. The van der Waals surface area contributed by atoms with Crippen LogP contribution in [0.5, 0.6) is 0 Å². The normalized spacial score (nSPS) is 14.0. The number of hydrogen-bond acceptors (Lipinski definition) is 6. The van der Waals surface area contributed by atoms with Gasteiger partial charge in [-0.15, -0.1) is 11.3 Å². The Morgan fingerprint density at radius 1 is 1.44 bits per heavy atom. The first-order chi connectivity index (χ1) is 11.8. The molecule has 0 fully saturated rings. The maximum atomic E-state index is 12.4. The van der Waals surface area contributed by atoms with Crippen molar-refractivity contribution in [3.63, 3.8) is 0 Å². The largest absolute Gasteiger partial charge is 0.354 e. The number of H-pyrrole nitrogens is 1. The lowest BCUT2D eigenvalue weighted by atomic mass is 10.1. The van der Waals surface area contributed by atoms with Gasteiger partial charge in [0.25, 0.3) is 5.56 Å². The van der Waals surface area contributed by atoms with E-state index in [4.69, 9.17) is 5.73 Å². The molecule has 136 valence electrons. The molecule has 0 atom stereocenters. The van der Waals surface area contributed by atoms with Crippen LogP contribution in [0, 0.1) is 0 Å². The average molecular weight is 381 g/mol. The van der Waals surface area contributed by atoms with E-state index in [1.165, 1.54) is 10.4 Å². The minimum absolute atomic E-state index is 0.00221. The van der Waals surface area contributed by atoms with Crippen molar-refractivity contribution in [1.82, 2.24) is 15.3 Å². The minimum atomic E-state index is -0.400. The van der Waals surface area contributed by atoms with E-state index in [1.54, 1.807) is 23.1 Å². The van der Waals surface area contributed by atoms with Crippen LogP contribution >= 0.6 is 23.1 Å². The van der Waals surface area contributed by atoms with Crippen molar-refractivity contribution < 1.29 is 4.79 Å². The number of nitrogens with one attached hydrogen (secondary N) is 2. The van der Waals surface area contributed by atoms with Crippen LogP contribution in [0.25, 0.3) is 10.2 Å². The number of carbonyl (C=O) groups excluding carboxylic acids is 1. The Kier molecular flexibility index (Phi) is 5.50. The molecule has 1 aliphatic carbocycles. The molecule has 2 aromatic rings. The van der Waals surface area contributed by atoms with E-state index in [1.807, 2.05) is 13.8 Å². The highest BCUT2D eigenvalue weighted by Crippen LogP contribution is 2.34. The van der Waals surface area contributed by atoms with E-state index in [-0.39, 0.29) is 11.5 Å². The second-order valence-electron chi connectivity index (χ2n) is 7.12. The third-order valence-electron chi connectivity index (χ3n) is 4.08. The minimum Gasteiger partial charge on any atom is -0.354 e. The van der Waals surface area contributed by atoms with Crippen LogP contribution in [0.3, 0.4) is 0 Å². The lowest BCUT2D eigenvalue weighted by Crippen LogP contribution is -2.45. The fraction of sp³-hybridized carbons (Fsp3) is 0.588. The molecule has 0 saturated heterocycles. The summed E-state index contributed by atoms with van der Waals surface area (Å²) >= 11 is 3.25. The van der Waals surface area contributed by atoms with E-state index < -0.39 is 5.54 Å². The Morgan fingerprint density at radius 3 is 3.00 bits per heavy atom. The lowest BCUT2D eigenvalue weighted by molar-refractivity contribution is -0.120. The van der Waals surface area contributed by atoms with E-state index in [2.05, 4.69) is 15.3 Å². The Labute approximate surface area is 155 Å². The predicted octanol–water partition coefficient (Wildman–Crippen LogP) is 1.95. The van der Waals surface area contributed by atoms with Gasteiger partial charge in [0.1, 0.15) is 10.7 Å². The molecule has 2 aromatic heterocycles. The summed E-state index contributed by atoms with van der Waals surface area (Å²) in [5.41, 5.74) is 6.62. The monoisotopic (exact) mass is 380 g/mol. The van der Waals surface area contributed by atoms with Gasteiger partial charge in [-0.3, -0.25) is 9.59 Å². The lowest BCUT2D eigenvalue weighted by Gasteiger charge is -2.18. The number of aryl methyl sites for hydroxylation is 2. The summed E-state index contributed by atoms with van der Waals surface area (Å²) < 4.78 is 0. The quantitative estimate of drug-likeness (QED) is 0.638. The topological polar surface area (TPSA) is 101 Å². The third-order valence-corrected chi connectivity index (χ3v) is 6.23. The number of carbonyl (C=O) groups is 1. The molecule has 8 heteroatoms. The van der Waals surface area contributed by atoms with Crippen molar-refractivity contribution in [3.05, 3.63) is 26.6 Å². The van der Waals surface area contributed by atoms with Gasteiger partial charge < -0.3 is 16.0 Å². The van der Waals surface area contributed by atoms with Crippen LogP contribution in [0.4, 0.5) is 0 Å². The summed E-state index contributed by atoms with van der Waals surface area (Å²) in [6.07, 6.45) is 3.62. The molecular weight excluding hydrogens is 356 g/mol. The summed E-state index contributed by atoms with van der Waals surface area (Å²) in [6.45, 7) is 4.21. The molecule has 4 N–H and O–H groups in total. The summed E-state index contributed by atoms with van der Waals surface area (Å²) in [5.74, 6) is 1.96. The molecule has 0 aromatic carbocycles. The number of aromatic amines is 1. The number of nitrogens with zero attached hydrogens (tertiary/aromatic N) is 1. The summed E-state index contributed by atoms with van der Waals surface area (Å²) in [4.78, 5) is 33.8. The van der Waals surface area contributed by atoms with Gasteiger partial charge in [0.15, 0.2) is 0 Å². The second kappa shape index (κ2) is 7.47. The van der Waals surface area contributed by atoms with Crippen LogP contribution in [0.2, 0.25) is 0 Å². The number of hydrogen-bond donors (Lipinski definition) is 3. The van der Waals surface area contributed by atoms with Gasteiger partial charge in [0.2, 0.25) is 5.91 Å². The molecule has 0 aliphatic heterocycles. The second-order valence-corrected chi connectivity index (χ2v) is 9.31. The number of fused-ring (bicyclic) bond motifs is 3. The first kappa shape index (κ1) is 18.4.